The minimum atomic E-state index is -0.271. The fourth-order valence-electron chi connectivity index (χ4n) is 4.08. The number of allylic oxidation sites excluding steroid dienone is 1. The van der Waals surface area contributed by atoms with E-state index in [1.54, 1.807) is 0 Å². The van der Waals surface area contributed by atoms with Crippen LogP contribution in [0.15, 0.2) is 12.2 Å². The van der Waals surface area contributed by atoms with Crippen molar-refractivity contribution < 1.29 is 9.59 Å². The molecule has 116 valence electrons. The van der Waals surface area contributed by atoms with Crippen molar-refractivity contribution in [2.24, 2.45) is 5.92 Å². The van der Waals surface area contributed by atoms with E-state index in [1.165, 1.54) is 19.3 Å². The molecule has 0 aromatic carbocycles. The largest absolute Gasteiger partial charge is 0.352 e. The lowest BCUT2D eigenvalue weighted by Gasteiger charge is -2.51. The molecule has 3 rings (SSSR count). The van der Waals surface area contributed by atoms with Crippen LogP contribution in [0.1, 0.15) is 58.3 Å². The fourth-order valence-corrected chi connectivity index (χ4v) is 4.08. The summed E-state index contributed by atoms with van der Waals surface area (Å²) in [6.45, 7) is 2.00. The Labute approximate surface area is 127 Å². The van der Waals surface area contributed by atoms with Gasteiger partial charge in [0.1, 0.15) is 6.04 Å². The van der Waals surface area contributed by atoms with Crippen LogP contribution in [-0.4, -0.2) is 34.8 Å². The van der Waals surface area contributed by atoms with Crippen LogP contribution >= 0.6 is 0 Å². The van der Waals surface area contributed by atoms with Crippen LogP contribution in [0.4, 0.5) is 0 Å². The van der Waals surface area contributed by atoms with Gasteiger partial charge < -0.3 is 10.2 Å². The summed E-state index contributed by atoms with van der Waals surface area (Å²) in [5, 5.41) is 3.18. The topological polar surface area (TPSA) is 49.4 Å². The van der Waals surface area contributed by atoms with E-state index in [0.717, 1.165) is 25.7 Å². The third kappa shape index (κ3) is 2.72. The average molecular weight is 290 g/mol. The van der Waals surface area contributed by atoms with Gasteiger partial charge in [-0.15, -0.1) is 0 Å². The lowest BCUT2D eigenvalue weighted by Crippen LogP contribution is -2.67. The second kappa shape index (κ2) is 6.20. The molecule has 0 spiro atoms. The van der Waals surface area contributed by atoms with E-state index in [-0.39, 0.29) is 29.8 Å². The van der Waals surface area contributed by atoms with Gasteiger partial charge in [0.2, 0.25) is 11.8 Å². The number of hydrogen-bond donors (Lipinski definition) is 1. The first-order valence-electron chi connectivity index (χ1n) is 8.50. The Kier molecular flexibility index (Phi) is 4.32. The molecular weight excluding hydrogens is 264 g/mol. The summed E-state index contributed by atoms with van der Waals surface area (Å²) in [6.07, 6.45) is 12.6. The Bertz CT molecular complexity index is 440. The highest BCUT2D eigenvalue weighted by Crippen LogP contribution is 2.37. The Morgan fingerprint density at radius 2 is 2.00 bits per heavy atom. The van der Waals surface area contributed by atoms with Crippen molar-refractivity contribution in [3.63, 3.8) is 0 Å². The van der Waals surface area contributed by atoms with E-state index < -0.39 is 0 Å². The molecule has 0 radical (unpaired) electrons. The number of carbonyl (C=O) groups excluding carboxylic acids is 2. The van der Waals surface area contributed by atoms with Crippen LogP contribution in [-0.2, 0) is 9.59 Å². The minimum absolute atomic E-state index is 0.0609. The molecule has 2 aliphatic carbocycles. The summed E-state index contributed by atoms with van der Waals surface area (Å²) in [5.74, 6) is 0.368. The van der Waals surface area contributed by atoms with Gasteiger partial charge >= 0.3 is 0 Å². The first-order chi connectivity index (χ1) is 10.2. The molecule has 4 heteroatoms. The van der Waals surface area contributed by atoms with Gasteiger partial charge in [0.15, 0.2) is 0 Å². The second-order valence-electron chi connectivity index (χ2n) is 6.63. The van der Waals surface area contributed by atoms with Crippen molar-refractivity contribution >= 4 is 11.8 Å². The highest BCUT2D eigenvalue weighted by molar-refractivity contribution is 5.93. The van der Waals surface area contributed by atoms with Crippen LogP contribution in [0.5, 0.6) is 0 Å². The number of carbonyl (C=O) groups is 2. The smallest absolute Gasteiger partial charge is 0.243 e. The van der Waals surface area contributed by atoms with Crippen molar-refractivity contribution in [2.45, 2.75) is 76.4 Å². The number of fused-ring (bicyclic) bond motifs is 1. The molecule has 1 N–H and O–H groups in total. The van der Waals surface area contributed by atoms with Gasteiger partial charge in [-0.05, 0) is 32.1 Å². The van der Waals surface area contributed by atoms with Crippen molar-refractivity contribution in [3.05, 3.63) is 12.2 Å². The zero-order chi connectivity index (χ0) is 14.8. The summed E-state index contributed by atoms with van der Waals surface area (Å²) < 4.78 is 0. The number of β-lactam (4-membered cyclic amide) rings is 1. The average Bonchev–Trinajstić information content (AvgIpc) is 2.52. The number of rotatable bonds is 4. The molecule has 1 heterocycles. The Morgan fingerprint density at radius 1 is 1.29 bits per heavy atom. The van der Waals surface area contributed by atoms with Gasteiger partial charge in [-0.25, -0.2) is 0 Å². The summed E-state index contributed by atoms with van der Waals surface area (Å²) in [7, 11) is 0. The molecular formula is C17H26N2O2. The maximum atomic E-state index is 12.6. The monoisotopic (exact) mass is 290 g/mol. The molecule has 1 aliphatic heterocycles. The predicted octanol–water partition coefficient (Wildman–Crippen LogP) is 2.39. The number of nitrogens with zero attached hydrogens (tertiary/aromatic N) is 1. The zero-order valence-corrected chi connectivity index (χ0v) is 12.9. The van der Waals surface area contributed by atoms with Crippen molar-refractivity contribution in [2.75, 3.05) is 0 Å². The molecule has 3 aliphatic rings. The third-order valence-electron chi connectivity index (χ3n) is 5.30. The zero-order valence-electron chi connectivity index (χ0n) is 12.9. The van der Waals surface area contributed by atoms with Crippen molar-refractivity contribution in [3.8, 4) is 0 Å². The highest BCUT2D eigenvalue weighted by Gasteiger charge is 2.50. The lowest BCUT2D eigenvalue weighted by atomic mass is 9.77. The van der Waals surface area contributed by atoms with E-state index in [0.29, 0.717) is 12.5 Å². The normalized spacial score (nSPS) is 30.5. The van der Waals surface area contributed by atoms with Crippen LogP contribution in [0.25, 0.3) is 0 Å². The SMILES string of the molecule is CCC(C(=O)NC1CCCCC1)N1C(=O)[C@@H]2CC=CC[C@@H]21. The minimum Gasteiger partial charge on any atom is -0.352 e. The van der Waals surface area contributed by atoms with E-state index in [2.05, 4.69) is 17.5 Å². The molecule has 21 heavy (non-hydrogen) atoms. The summed E-state index contributed by atoms with van der Waals surface area (Å²) in [4.78, 5) is 26.7. The molecule has 1 unspecified atom stereocenters. The second-order valence-corrected chi connectivity index (χ2v) is 6.63. The van der Waals surface area contributed by atoms with Crippen LogP contribution < -0.4 is 5.32 Å². The van der Waals surface area contributed by atoms with Gasteiger partial charge in [-0.3, -0.25) is 9.59 Å². The van der Waals surface area contributed by atoms with Crippen molar-refractivity contribution in [1.29, 1.82) is 0 Å². The molecule has 0 aromatic rings. The molecule has 3 atom stereocenters. The van der Waals surface area contributed by atoms with E-state index in [9.17, 15) is 9.59 Å². The maximum absolute atomic E-state index is 12.6. The van der Waals surface area contributed by atoms with E-state index in [4.69, 9.17) is 0 Å². The van der Waals surface area contributed by atoms with Gasteiger partial charge in [-0.1, -0.05) is 38.3 Å². The molecule has 4 nitrogen and oxygen atoms in total. The number of likely N-dealkylation sites (tertiary alicyclic amines) is 1. The first kappa shape index (κ1) is 14.6. The van der Waals surface area contributed by atoms with Crippen LogP contribution in [0, 0.1) is 5.92 Å². The summed E-state index contributed by atoms with van der Waals surface area (Å²) in [6, 6.07) is 0.301. The first-order valence-corrected chi connectivity index (χ1v) is 8.50. The van der Waals surface area contributed by atoms with Gasteiger partial charge in [-0.2, -0.15) is 0 Å². The van der Waals surface area contributed by atoms with Crippen molar-refractivity contribution in [1.82, 2.24) is 10.2 Å². The predicted molar refractivity (Wildman–Crippen MR) is 81.6 cm³/mol. The molecule has 2 fully saturated rings. The highest BCUT2D eigenvalue weighted by atomic mass is 16.2. The third-order valence-corrected chi connectivity index (χ3v) is 5.30. The number of amides is 2. The Morgan fingerprint density at radius 3 is 2.71 bits per heavy atom. The van der Waals surface area contributed by atoms with E-state index in [1.807, 2.05) is 11.8 Å². The molecule has 1 saturated carbocycles. The fraction of sp³-hybridized carbons (Fsp3) is 0.765. The standard InChI is InChI=1S/C17H26N2O2/c1-2-14(16(20)18-12-8-4-3-5-9-12)19-15-11-7-6-10-13(15)17(19)21/h6-7,12-15H,2-5,8-11H2,1H3,(H,18,20)/t13-,14?,15+/m1/s1. The number of nitrogens with one attached hydrogen (secondary N) is 1. The van der Waals surface area contributed by atoms with E-state index >= 15 is 0 Å². The van der Waals surface area contributed by atoms with Gasteiger partial charge in [0, 0.05) is 12.1 Å². The van der Waals surface area contributed by atoms with Gasteiger partial charge in [0.25, 0.3) is 0 Å². The lowest BCUT2D eigenvalue weighted by molar-refractivity contribution is -0.165. The summed E-state index contributed by atoms with van der Waals surface area (Å²) in [5.41, 5.74) is 0. The molecule has 0 bridgehead atoms. The molecule has 2 amide bonds. The van der Waals surface area contributed by atoms with Crippen LogP contribution in [0.2, 0.25) is 0 Å². The molecule has 1 saturated heterocycles. The molecule has 0 aromatic heterocycles. The summed E-state index contributed by atoms with van der Waals surface area (Å²) >= 11 is 0. The Balaban J connectivity index is 1.62. The Hall–Kier alpha value is -1.32. The van der Waals surface area contributed by atoms with Crippen LogP contribution in [0.3, 0.4) is 0 Å². The number of hydrogen-bond acceptors (Lipinski definition) is 2. The van der Waals surface area contributed by atoms with Gasteiger partial charge in [0.05, 0.1) is 5.92 Å². The quantitative estimate of drug-likeness (QED) is 0.638. The maximum Gasteiger partial charge on any atom is 0.243 e.